The third-order valence-electron chi connectivity index (χ3n) is 11.4. The van der Waals surface area contributed by atoms with Gasteiger partial charge in [-0.3, -0.25) is 0 Å². The standard InChI is InChI=1S/C44H51N3/c1-9-12-16-31-21-23-38-41-35(31)24-26-47-42(41)40-34(17-15-18-37(40)43(38,5)6)32(28-44(47,10-2)11-3)29-46-25-14-13-19-39(46)36-27-33(45(7)8)22-20-30(36)4/h13-15,17-28H,9-12,16,29H2,1-8H3/q+2. The third-order valence-corrected chi connectivity index (χ3v) is 11.4. The number of anilines is 1. The van der Waals surface area contributed by atoms with E-state index in [1.807, 2.05) is 0 Å². The molecule has 0 spiro atoms. The zero-order valence-corrected chi connectivity index (χ0v) is 29.7. The van der Waals surface area contributed by atoms with Gasteiger partial charge in [-0.25, -0.2) is 0 Å². The molecule has 0 amide bonds. The lowest BCUT2D eigenvalue weighted by molar-refractivity contribution is -0.743. The Balaban J connectivity index is 1.51. The molecule has 240 valence electrons. The van der Waals surface area contributed by atoms with Crippen LogP contribution in [0.3, 0.4) is 0 Å². The summed E-state index contributed by atoms with van der Waals surface area (Å²) in [5.41, 5.74) is 14.8. The molecule has 5 aromatic rings. The molecule has 3 aromatic carbocycles. The lowest BCUT2D eigenvalue weighted by atomic mass is 9.68. The Bertz CT molecular complexity index is 2040. The second kappa shape index (κ2) is 11.8. The Labute approximate surface area is 282 Å². The van der Waals surface area contributed by atoms with Gasteiger partial charge in [-0.15, -0.1) is 0 Å². The van der Waals surface area contributed by atoms with Crippen molar-refractivity contribution in [2.75, 3.05) is 19.0 Å². The Morgan fingerprint density at radius 3 is 2.34 bits per heavy atom. The summed E-state index contributed by atoms with van der Waals surface area (Å²) in [6.45, 7) is 15.0. The Morgan fingerprint density at radius 1 is 0.787 bits per heavy atom. The first kappa shape index (κ1) is 31.4. The van der Waals surface area contributed by atoms with E-state index < -0.39 is 0 Å². The Morgan fingerprint density at radius 2 is 1.60 bits per heavy atom. The minimum absolute atomic E-state index is 0.107. The van der Waals surface area contributed by atoms with Crippen molar-refractivity contribution in [1.82, 2.24) is 0 Å². The van der Waals surface area contributed by atoms with Crippen LogP contribution in [-0.2, 0) is 23.9 Å². The molecular weight excluding hydrogens is 571 g/mol. The molecule has 0 saturated carbocycles. The molecule has 0 unspecified atom stereocenters. The van der Waals surface area contributed by atoms with Crippen molar-refractivity contribution in [3.63, 3.8) is 0 Å². The SMILES string of the molecule is CCCCc1ccc2c3c4[n+](ccc13)C(CC)(CC)C=C(C[n+]1ccccc1-c1cc(N(C)C)ccc1C)c1cccc(c1-4)C2(C)C. The lowest BCUT2D eigenvalue weighted by Gasteiger charge is -2.35. The van der Waals surface area contributed by atoms with Crippen molar-refractivity contribution in [3.8, 4) is 22.5 Å². The van der Waals surface area contributed by atoms with E-state index in [-0.39, 0.29) is 11.0 Å². The van der Waals surface area contributed by atoms with E-state index in [4.69, 9.17) is 0 Å². The van der Waals surface area contributed by atoms with Crippen LogP contribution >= 0.6 is 0 Å². The molecular formula is C44H51N3+2. The fourth-order valence-corrected chi connectivity index (χ4v) is 8.52. The van der Waals surface area contributed by atoms with E-state index in [1.54, 1.807) is 0 Å². The van der Waals surface area contributed by atoms with E-state index in [9.17, 15) is 0 Å². The highest BCUT2D eigenvalue weighted by Gasteiger charge is 2.47. The lowest BCUT2D eigenvalue weighted by Crippen LogP contribution is -2.56. The summed E-state index contributed by atoms with van der Waals surface area (Å²) in [7, 11) is 4.24. The summed E-state index contributed by atoms with van der Waals surface area (Å²) < 4.78 is 5.15. The van der Waals surface area contributed by atoms with Crippen LogP contribution in [0.25, 0.3) is 38.9 Å². The van der Waals surface area contributed by atoms with E-state index in [1.165, 1.54) is 85.2 Å². The number of allylic oxidation sites excluding steroid dienone is 2. The zero-order valence-electron chi connectivity index (χ0n) is 29.7. The maximum Gasteiger partial charge on any atom is 0.222 e. The van der Waals surface area contributed by atoms with Gasteiger partial charge in [0.15, 0.2) is 24.5 Å². The molecule has 47 heavy (non-hydrogen) atoms. The average Bonchev–Trinajstić information content (AvgIpc) is 3.20. The van der Waals surface area contributed by atoms with Crippen LogP contribution in [0, 0.1) is 6.92 Å². The summed E-state index contributed by atoms with van der Waals surface area (Å²) in [5, 5.41) is 2.91. The van der Waals surface area contributed by atoms with Crippen molar-refractivity contribution >= 4 is 22.0 Å². The molecule has 3 heteroatoms. The predicted molar refractivity (Wildman–Crippen MR) is 198 cm³/mol. The predicted octanol–water partition coefficient (Wildman–Crippen LogP) is 9.72. The van der Waals surface area contributed by atoms with Gasteiger partial charge in [0.05, 0.1) is 16.5 Å². The van der Waals surface area contributed by atoms with Crippen molar-refractivity contribution < 1.29 is 9.13 Å². The van der Waals surface area contributed by atoms with Gasteiger partial charge in [0.2, 0.25) is 11.4 Å². The highest BCUT2D eigenvalue weighted by Crippen LogP contribution is 2.52. The van der Waals surface area contributed by atoms with E-state index >= 15 is 0 Å². The maximum atomic E-state index is 2.67. The van der Waals surface area contributed by atoms with Gasteiger partial charge in [0.1, 0.15) is 0 Å². The van der Waals surface area contributed by atoms with Gasteiger partial charge >= 0.3 is 0 Å². The largest absolute Gasteiger partial charge is 0.378 e. The summed E-state index contributed by atoms with van der Waals surface area (Å²) in [6, 6.07) is 27.9. The number of unbranched alkanes of at least 4 members (excludes halogenated alkanes) is 1. The van der Waals surface area contributed by atoms with E-state index in [0.717, 1.165) is 25.8 Å². The van der Waals surface area contributed by atoms with Crippen LogP contribution in [-0.4, -0.2) is 14.1 Å². The highest BCUT2D eigenvalue weighted by molar-refractivity contribution is 6.04. The Hall–Kier alpha value is -4.24. The Kier molecular flexibility index (Phi) is 7.86. The molecule has 1 aliphatic heterocycles. The number of pyridine rings is 2. The molecule has 2 aromatic heterocycles. The normalized spacial score (nSPS) is 15.4. The van der Waals surface area contributed by atoms with Gasteiger partial charge < -0.3 is 4.90 Å². The fourth-order valence-electron chi connectivity index (χ4n) is 8.52. The first-order valence-electron chi connectivity index (χ1n) is 17.8. The van der Waals surface area contributed by atoms with Crippen molar-refractivity contribution in [2.45, 2.75) is 91.1 Å². The van der Waals surface area contributed by atoms with Crippen LogP contribution in [0.2, 0.25) is 0 Å². The topological polar surface area (TPSA) is 11.0 Å². The molecule has 0 bridgehead atoms. The molecule has 0 atom stereocenters. The molecule has 7 rings (SSSR count). The molecule has 0 N–H and O–H groups in total. The molecule has 1 aliphatic carbocycles. The first-order valence-corrected chi connectivity index (χ1v) is 17.8. The monoisotopic (exact) mass is 621 g/mol. The minimum atomic E-state index is -0.135. The average molecular weight is 622 g/mol. The van der Waals surface area contributed by atoms with Crippen LogP contribution in [0.15, 0.2) is 91.3 Å². The van der Waals surface area contributed by atoms with Gasteiger partial charge in [0.25, 0.3) is 0 Å². The molecule has 3 nitrogen and oxygen atoms in total. The molecule has 0 fully saturated rings. The highest BCUT2D eigenvalue weighted by atomic mass is 15.1. The van der Waals surface area contributed by atoms with Crippen LogP contribution in [0.5, 0.6) is 0 Å². The van der Waals surface area contributed by atoms with E-state index in [0.29, 0.717) is 0 Å². The van der Waals surface area contributed by atoms with Gasteiger partial charge in [-0.2, -0.15) is 9.13 Å². The molecule has 0 saturated heterocycles. The van der Waals surface area contributed by atoms with Gasteiger partial charge in [0, 0.05) is 61.8 Å². The fraction of sp³-hybridized carbons (Fsp3) is 0.364. The first-order chi connectivity index (χ1) is 22.6. The quantitative estimate of drug-likeness (QED) is 0.149. The van der Waals surface area contributed by atoms with Gasteiger partial charge in [-0.1, -0.05) is 77.4 Å². The van der Waals surface area contributed by atoms with Crippen LogP contribution in [0.4, 0.5) is 5.69 Å². The smallest absolute Gasteiger partial charge is 0.222 e. The number of hydrogen-bond acceptors (Lipinski definition) is 1. The number of rotatable bonds is 9. The van der Waals surface area contributed by atoms with E-state index in [2.05, 4.69) is 161 Å². The minimum Gasteiger partial charge on any atom is -0.378 e. The second-order valence-electron chi connectivity index (χ2n) is 14.6. The maximum absolute atomic E-state index is 2.67. The molecule has 2 aliphatic rings. The van der Waals surface area contributed by atoms with Gasteiger partial charge in [-0.05, 0) is 77.2 Å². The summed E-state index contributed by atoms with van der Waals surface area (Å²) in [6.07, 6.45) is 13.0. The number of aryl methyl sites for hydroxylation is 2. The zero-order chi connectivity index (χ0) is 33.1. The second-order valence-corrected chi connectivity index (χ2v) is 14.6. The molecule has 0 radical (unpaired) electrons. The molecule has 3 heterocycles. The number of aromatic nitrogens is 2. The summed E-state index contributed by atoms with van der Waals surface area (Å²) in [5.74, 6) is 0. The number of benzene rings is 3. The summed E-state index contributed by atoms with van der Waals surface area (Å²) >= 11 is 0. The van der Waals surface area contributed by atoms with Crippen molar-refractivity contribution in [2.24, 2.45) is 0 Å². The van der Waals surface area contributed by atoms with Crippen molar-refractivity contribution in [3.05, 3.63) is 119 Å². The number of hydrogen-bond donors (Lipinski definition) is 0. The number of nitrogens with zero attached hydrogens (tertiary/aromatic N) is 3. The van der Waals surface area contributed by atoms with Crippen LogP contribution < -0.4 is 14.0 Å². The third kappa shape index (κ3) is 4.84. The summed E-state index contributed by atoms with van der Waals surface area (Å²) in [4.78, 5) is 2.19. The van der Waals surface area contributed by atoms with Crippen molar-refractivity contribution in [1.29, 1.82) is 0 Å². The van der Waals surface area contributed by atoms with Crippen LogP contribution in [0.1, 0.15) is 88.1 Å².